The highest BCUT2D eigenvalue weighted by atomic mass is 127. The molecule has 0 aliphatic carbocycles. The van der Waals surface area contributed by atoms with Crippen molar-refractivity contribution in [1.29, 1.82) is 0 Å². The van der Waals surface area contributed by atoms with Crippen LogP contribution in [0.25, 0.3) is 0 Å². The molecule has 0 spiro atoms. The van der Waals surface area contributed by atoms with Crippen LogP contribution < -0.4 is 15.4 Å². The van der Waals surface area contributed by atoms with E-state index >= 15 is 0 Å². The number of rotatable bonds is 10. The Hall–Kier alpha value is -2.30. The molecule has 0 aliphatic rings. The summed E-state index contributed by atoms with van der Waals surface area (Å²) in [6.07, 6.45) is 2.09. The van der Waals surface area contributed by atoms with Gasteiger partial charge in [0.25, 0.3) is 5.91 Å². The minimum absolute atomic E-state index is 0. The van der Waals surface area contributed by atoms with Crippen LogP contribution in [0.1, 0.15) is 49.6 Å². The third kappa shape index (κ3) is 8.76. The van der Waals surface area contributed by atoms with Crippen molar-refractivity contribution in [2.24, 2.45) is 4.99 Å². The summed E-state index contributed by atoms with van der Waals surface area (Å²) in [6.45, 7) is 5.40. The number of nitrogens with zero attached hydrogens (tertiary/aromatic N) is 3. The summed E-state index contributed by atoms with van der Waals surface area (Å²) in [5.41, 5.74) is 2.02. The summed E-state index contributed by atoms with van der Waals surface area (Å²) in [4.78, 5) is 17.4. The molecule has 1 aromatic carbocycles. The van der Waals surface area contributed by atoms with E-state index in [1.165, 1.54) is 4.90 Å². The van der Waals surface area contributed by atoms with Gasteiger partial charge in [0.15, 0.2) is 18.3 Å². The molecule has 0 atom stereocenters. The molecular formula is C22H34IN5O3. The van der Waals surface area contributed by atoms with Crippen molar-refractivity contribution in [3.63, 3.8) is 0 Å². The minimum Gasteiger partial charge on any atom is -0.484 e. The van der Waals surface area contributed by atoms with E-state index in [-0.39, 0.29) is 36.5 Å². The van der Waals surface area contributed by atoms with Crippen LogP contribution >= 0.6 is 24.0 Å². The van der Waals surface area contributed by atoms with Crippen molar-refractivity contribution >= 4 is 35.8 Å². The Bertz CT molecular complexity index is 834. The van der Waals surface area contributed by atoms with Crippen LogP contribution in [0.2, 0.25) is 0 Å². The van der Waals surface area contributed by atoms with E-state index in [0.717, 1.165) is 29.9 Å². The molecular weight excluding hydrogens is 509 g/mol. The van der Waals surface area contributed by atoms with E-state index in [9.17, 15) is 4.79 Å². The maximum Gasteiger partial charge on any atom is 0.259 e. The number of hydrogen-bond acceptors (Lipinski definition) is 5. The molecule has 0 saturated carbocycles. The van der Waals surface area contributed by atoms with Crippen LogP contribution in [0.15, 0.2) is 39.8 Å². The molecule has 1 aromatic heterocycles. The summed E-state index contributed by atoms with van der Waals surface area (Å²) < 4.78 is 11.0. The van der Waals surface area contributed by atoms with Crippen molar-refractivity contribution in [3.05, 3.63) is 47.3 Å². The molecule has 0 aliphatic heterocycles. The van der Waals surface area contributed by atoms with Gasteiger partial charge < -0.3 is 24.8 Å². The molecule has 31 heavy (non-hydrogen) atoms. The number of nitrogens with one attached hydrogen (secondary N) is 2. The van der Waals surface area contributed by atoms with Gasteiger partial charge in [-0.1, -0.05) is 31.1 Å². The zero-order chi connectivity index (χ0) is 21.9. The zero-order valence-corrected chi connectivity index (χ0v) is 21.3. The van der Waals surface area contributed by atoms with Gasteiger partial charge in [0, 0.05) is 39.7 Å². The van der Waals surface area contributed by atoms with Crippen molar-refractivity contribution in [2.75, 3.05) is 27.7 Å². The largest absolute Gasteiger partial charge is 0.484 e. The molecule has 2 N–H and O–H groups in total. The van der Waals surface area contributed by atoms with Gasteiger partial charge in [-0.3, -0.25) is 9.79 Å². The average molecular weight is 543 g/mol. The molecule has 1 heterocycles. The lowest BCUT2D eigenvalue weighted by molar-refractivity contribution is -0.130. The summed E-state index contributed by atoms with van der Waals surface area (Å²) in [6, 6.07) is 9.63. The Balaban J connectivity index is 0.00000480. The van der Waals surface area contributed by atoms with E-state index in [0.29, 0.717) is 30.7 Å². The van der Waals surface area contributed by atoms with Gasteiger partial charge in [0.05, 0.1) is 12.2 Å². The fourth-order valence-electron chi connectivity index (χ4n) is 2.91. The Labute approximate surface area is 201 Å². The zero-order valence-electron chi connectivity index (χ0n) is 19.0. The number of aliphatic imine (C=N–C) groups is 1. The molecule has 0 saturated heterocycles. The SMILES string of the molecule is CCC(CC)c1cc(CNC(=NC)NCc2cccc(OCC(=O)N(C)C)c2)on1.I. The molecule has 9 heteroatoms. The first kappa shape index (κ1) is 26.7. The number of ether oxygens (including phenoxy) is 1. The van der Waals surface area contributed by atoms with Crippen LogP contribution in [0.5, 0.6) is 5.75 Å². The van der Waals surface area contributed by atoms with Crippen molar-refractivity contribution < 1.29 is 14.1 Å². The number of carbonyl (C=O) groups is 1. The fraction of sp³-hybridized carbons (Fsp3) is 0.500. The van der Waals surface area contributed by atoms with Crippen molar-refractivity contribution in [2.45, 2.75) is 45.7 Å². The van der Waals surface area contributed by atoms with E-state index in [2.05, 4.69) is 34.6 Å². The number of guanidine groups is 1. The summed E-state index contributed by atoms with van der Waals surface area (Å²) in [7, 11) is 5.13. The normalized spacial score (nSPS) is 11.1. The van der Waals surface area contributed by atoms with Gasteiger partial charge in [-0.15, -0.1) is 24.0 Å². The average Bonchev–Trinajstić information content (AvgIpc) is 3.22. The molecule has 8 nitrogen and oxygen atoms in total. The highest BCUT2D eigenvalue weighted by Gasteiger charge is 2.13. The maximum atomic E-state index is 11.7. The summed E-state index contributed by atoms with van der Waals surface area (Å²) >= 11 is 0. The monoisotopic (exact) mass is 543 g/mol. The molecule has 1 amide bonds. The van der Waals surface area contributed by atoms with E-state index in [1.54, 1.807) is 21.1 Å². The van der Waals surface area contributed by atoms with E-state index < -0.39 is 0 Å². The molecule has 0 radical (unpaired) electrons. The van der Waals surface area contributed by atoms with Crippen LogP contribution in [-0.2, 0) is 17.9 Å². The van der Waals surface area contributed by atoms with Crippen molar-refractivity contribution in [1.82, 2.24) is 20.7 Å². The third-order valence-corrected chi connectivity index (χ3v) is 4.85. The Kier molecular flexibility index (Phi) is 12.0. The second kappa shape index (κ2) is 13.9. The number of halogens is 1. The highest BCUT2D eigenvalue weighted by Crippen LogP contribution is 2.22. The van der Waals surface area contributed by atoms with Gasteiger partial charge in [-0.2, -0.15) is 0 Å². The standard InChI is InChI=1S/C22H33N5O3.HI/c1-6-17(7-2)20-12-19(30-26-20)14-25-22(23-3)24-13-16-9-8-10-18(11-16)29-15-21(28)27(4)5;/h8-12,17H,6-7,13-15H2,1-5H3,(H2,23,24,25);1H. The first-order chi connectivity index (χ1) is 14.5. The fourth-order valence-corrected chi connectivity index (χ4v) is 2.91. The number of aromatic nitrogens is 1. The molecule has 0 bridgehead atoms. The third-order valence-electron chi connectivity index (χ3n) is 4.85. The predicted octanol–water partition coefficient (Wildman–Crippen LogP) is 3.53. The van der Waals surface area contributed by atoms with Gasteiger partial charge >= 0.3 is 0 Å². The Morgan fingerprint density at radius 3 is 2.55 bits per heavy atom. The lowest BCUT2D eigenvalue weighted by Crippen LogP contribution is -2.36. The maximum absolute atomic E-state index is 11.7. The summed E-state index contributed by atoms with van der Waals surface area (Å²) in [5, 5.41) is 10.7. The molecule has 2 aromatic rings. The second-order valence-electron chi connectivity index (χ2n) is 7.24. The quantitative estimate of drug-likeness (QED) is 0.271. The predicted molar refractivity (Wildman–Crippen MR) is 133 cm³/mol. The second-order valence-corrected chi connectivity index (χ2v) is 7.24. The number of hydrogen-bond donors (Lipinski definition) is 2. The van der Waals surface area contributed by atoms with Crippen LogP contribution in [-0.4, -0.2) is 49.7 Å². The molecule has 0 fully saturated rings. The van der Waals surface area contributed by atoms with E-state index in [1.807, 2.05) is 30.3 Å². The van der Waals surface area contributed by atoms with Crippen molar-refractivity contribution in [3.8, 4) is 5.75 Å². The van der Waals surface area contributed by atoms with Gasteiger partial charge in [0.2, 0.25) is 0 Å². The number of benzene rings is 1. The van der Waals surface area contributed by atoms with Gasteiger partial charge in [-0.05, 0) is 30.5 Å². The molecule has 2 rings (SSSR count). The van der Waals surface area contributed by atoms with E-state index in [4.69, 9.17) is 9.26 Å². The summed E-state index contributed by atoms with van der Waals surface area (Å²) in [5.74, 6) is 2.44. The van der Waals surface area contributed by atoms with Gasteiger partial charge in [0.1, 0.15) is 5.75 Å². The van der Waals surface area contributed by atoms with Crippen LogP contribution in [0.4, 0.5) is 0 Å². The molecule has 172 valence electrons. The highest BCUT2D eigenvalue weighted by molar-refractivity contribution is 14.0. The first-order valence-corrected chi connectivity index (χ1v) is 10.3. The van der Waals surface area contributed by atoms with Crippen LogP contribution in [0.3, 0.4) is 0 Å². The van der Waals surface area contributed by atoms with Crippen LogP contribution in [0, 0.1) is 0 Å². The molecule has 0 unspecified atom stereocenters. The lowest BCUT2D eigenvalue weighted by Gasteiger charge is -2.13. The minimum atomic E-state index is -0.0806. The number of carbonyl (C=O) groups excluding carboxylic acids is 1. The van der Waals surface area contributed by atoms with Gasteiger partial charge in [-0.25, -0.2) is 0 Å². The Morgan fingerprint density at radius 1 is 1.19 bits per heavy atom. The number of amides is 1. The topological polar surface area (TPSA) is 92.0 Å². The lowest BCUT2D eigenvalue weighted by atomic mass is 9.99. The number of likely N-dealkylation sites (N-methyl/N-ethyl adjacent to an activating group) is 1. The Morgan fingerprint density at radius 2 is 1.90 bits per heavy atom. The smallest absolute Gasteiger partial charge is 0.259 e. The first-order valence-electron chi connectivity index (χ1n) is 10.3.